The zero-order valence-electron chi connectivity index (χ0n) is 14.4. The summed E-state index contributed by atoms with van der Waals surface area (Å²) in [6.07, 6.45) is 5.35. The predicted molar refractivity (Wildman–Crippen MR) is 101 cm³/mol. The van der Waals surface area contributed by atoms with Crippen LogP contribution in [0.15, 0.2) is 40.6 Å². The topological polar surface area (TPSA) is 66.5 Å². The van der Waals surface area contributed by atoms with E-state index >= 15 is 0 Å². The largest absolute Gasteiger partial charge is 0.349 e. The van der Waals surface area contributed by atoms with Gasteiger partial charge in [-0.15, -0.1) is 11.3 Å². The zero-order chi connectivity index (χ0) is 18.7. The summed E-state index contributed by atoms with van der Waals surface area (Å²) in [4.78, 5) is 12.8. The van der Waals surface area contributed by atoms with Crippen molar-refractivity contribution >= 4 is 33.0 Å². The third-order valence-corrected chi connectivity index (χ3v) is 7.43. The molecule has 1 aromatic heterocycles. The monoisotopic (exact) mass is 396 g/mol. The molecule has 1 aliphatic rings. The van der Waals surface area contributed by atoms with Crippen molar-refractivity contribution in [3.8, 4) is 0 Å². The lowest BCUT2D eigenvalue weighted by Gasteiger charge is -2.22. The van der Waals surface area contributed by atoms with Crippen LogP contribution in [0.1, 0.15) is 41.8 Å². The van der Waals surface area contributed by atoms with Crippen molar-refractivity contribution in [2.45, 2.75) is 43.0 Å². The van der Waals surface area contributed by atoms with Crippen molar-refractivity contribution in [2.24, 2.45) is 0 Å². The van der Waals surface area contributed by atoms with Crippen LogP contribution in [-0.4, -0.2) is 27.4 Å². The fourth-order valence-electron chi connectivity index (χ4n) is 3.02. The third-order valence-electron chi connectivity index (χ3n) is 4.59. The Morgan fingerprint density at radius 3 is 2.50 bits per heavy atom. The highest BCUT2D eigenvalue weighted by Crippen LogP contribution is 2.26. The summed E-state index contributed by atoms with van der Waals surface area (Å²) >= 11 is 1.11. The molecule has 1 N–H and O–H groups in total. The van der Waals surface area contributed by atoms with Gasteiger partial charge in [0.1, 0.15) is 5.82 Å². The van der Waals surface area contributed by atoms with Gasteiger partial charge in [-0.3, -0.25) is 9.10 Å². The first-order valence-corrected chi connectivity index (χ1v) is 10.8. The maximum atomic E-state index is 13.0. The van der Waals surface area contributed by atoms with Gasteiger partial charge >= 0.3 is 0 Å². The molecule has 0 atom stereocenters. The molecule has 2 aromatic rings. The Morgan fingerprint density at radius 2 is 1.85 bits per heavy atom. The highest BCUT2D eigenvalue weighted by Gasteiger charge is 2.25. The number of rotatable bonds is 5. The number of hydrogen-bond donors (Lipinski definition) is 1. The van der Waals surface area contributed by atoms with Gasteiger partial charge in [0, 0.05) is 18.5 Å². The molecule has 1 heterocycles. The number of thiophene rings is 1. The SMILES string of the molecule is CN(c1ccc(F)cc1)S(=O)(=O)c1csc(C(=O)NC2CCCCC2)c1. The summed E-state index contributed by atoms with van der Waals surface area (Å²) in [5.41, 5.74) is 0.353. The molecule has 1 aliphatic carbocycles. The number of carbonyl (C=O) groups is 1. The van der Waals surface area contributed by atoms with Gasteiger partial charge in [-0.2, -0.15) is 0 Å². The molecule has 0 unspecified atom stereocenters. The molecule has 0 radical (unpaired) electrons. The lowest BCUT2D eigenvalue weighted by molar-refractivity contribution is 0.0931. The Balaban J connectivity index is 1.74. The predicted octanol–water partition coefficient (Wildman–Crippen LogP) is 3.77. The molecular formula is C18H21FN2O3S2. The lowest BCUT2D eigenvalue weighted by Crippen LogP contribution is -2.35. The number of sulfonamides is 1. The first-order valence-electron chi connectivity index (χ1n) is 8.52. The van der Waals surface area contributed by atoms with Crippen molar-refractivity contribution in [2.75, 3.05) is 11.4 Å². The number of anilines is 1. The van der Waals surface area contributed by atoms with E-state index in [2.05, 4.69) is 5.32 Å². The Hall–Kier alpha value is -1.93. The molecule has 26 heavy (non-hydrogen) atoms. The smallest absolute Gasteiger partial charge is 0.264 e. The van der Waals surface area contributed by atoms with Crippen LogP contribution in [0.2, 0.25) is 0 Å². The van der Waals surface area contributed by atoms with Gasteiger partial charge in [-0.25, -0.2) is 12.8 Å². The molecule has 8 heteroatoms. The molecule has 0 aliphatic heterocycles. The van der Waals surface area contributed by atoms with Gasteiger partial charge in [0.15, 0.2) is 0 Å². The van der Waals surface area contributed by atoms with Gasteiger partial charge in [0.25, 0.3) is 15.9 Å². The molecule has 1 aromatic carbocycles. The van der Waals surface area contributed by atoms with Gasteiger partial charge in [0.05, 0.1) is 15.5 Å². The first kappa shape index (κ1) is 18.8. The number of carbonyl (C=O) groups excluding carboxylic acids is 1. The number of amides is 1. The summed E-state index contributed by atoms with van der Waals surface area (Å²) in [6.45, 7) is 0. The fourth-order valence-corrected chi connectivity index (χ4v) is 5.38. The van der Waals surface area contributed by atoms with Crippen LogP contribution >= 0.6 is 11.3 Å². The number of hydrogen-bond acceptors (Lipinski definition) is 4. The quantitative estimate of drug-likeness (QED) is 0.836. The van der Waals surface area contributed by atoms with Crippen LogP contribution in [0.3, 0.4) is 0 Å². The van der Waals surface area contributed by atoms with Crippen molar-refractivity contribution in [3.05, 3.63) is 46.4 Å². The van der Waals surface area contributed by atoms with E-state index in [4.69, 9.17) is 0 Å². The van der Waals surface area contributed by atoms with E-state index in [0.29, 0.717) is 10.6 Å². The normalized spacial score (nSPS) is 15.6. The molecule has 1 amide bonds. The van der Waals surface area contributed by atoms with Crippen LogP contribution in [0.5, 0.6) is 0 Å². The number of halogens is 1. The van der Waals surface area contributed by atoms with E-state index in [1.807, 2.05) is 0 Å². The molecule has 5 nitrogen and oxygen atoms in total. The second-order valence-corrected chi connectivity index (χ2v) is 9.28. The maximum Gasteiger partial charge on any atom is 0.264 e. The van der Waals surface area contributed by atoms with Gasteiger partial charge in [0.2, 0.25) is 0 Å². The maximum absolute atomic E-state index is 13.0. The van der Waals surface area contributed by atoms with E-state index in [0.717, 1.165) is 41.3 Å². The number of benzene rings is 1. The molecule has 0 saturated heterocycles. The van der Waals surface area contributed by atoms with Gasteiger partial charge in [-0.05, 0) is 43.2 Å². The molecule has 140 valence electrons. The number of nitrogens with zero attached hydrogens (tertiary/aromatic N) is 1. The van der Waals surface area contributed by atoms with E-state index in [1.165, 1.54) is 49.2 Å². The zero-order valence-corrected chi connectivity index (χ0v) is 16.1. The van der Waals surface area contributed by atoms with Crippen molar-refractivity contribution in [1.29, 1.82) is 0 Å². The minimum atomic E-state index is -3.81. The molecule has 1 fully saturated rings. The minimum absolute atomic E-state index is 0.0584. The van der Waals surface area contributed by atoms with Crippen molar-refractivity contribution in [3.63, 3.8) is 0 Å². The Labute approximate surface area is 156 Å². The van der Waals surface area contributed by atoms with Crippen LogP contribution in [0.4, 0.5) is 10.1 Å². The van der Waals surface area contributed by atoms with E-state index in [1.54, 1.807) is 0 Å². The summed E-state index contributed by atoms with van der Waals surface area (Å²) in [5, 5.41) is 4.45. The van der Waals surface area contributed by atoms with Crippen LogP contribution in [0.25, 0.3) is 0 Å². The van der Waals surface area contributed by atoms with Crippen LogP contribution in [-0.2, 0) is 10.0 Å². The average molecular weight is 397 g/mol. The molecule has 1 saturated carbocycles. The summed E-state index contributed by atoms with van der Waals surface area (Å²) < 4.78 is 39.6. The van der Waals surface area contributed by atoms with Gasteiger partial charge < -0.3 is 5.32 Å². The van der Waals surface area contributed by atoms with E-state index < -0.39 is 15.8 Å². The Kier molecular flexibility index (Phi) is 5.62. The second-order valence-electron chi connectivity index (χ2n) is 6.40. The van der Waals surface area contributed by atoms with Crippen LogP contribution < -0.4 is 9.62 Å². The minimum Gasteiger partial charge on any atom is -0.349 e. The first-order chi connectivity index (χ1) is 12.4. The highest BCUT2D eigenvalue weighted by atomic mass is 32.2. The molecule has 0 spiro atoms. The van der Waals surface area contributed by atoms with Crippen molar-refractivity contribution in [1.82, 2.24) is 5.32 Å². The highest BCUT2D eigenvalue weighted by molar-refractivity contribution is 7.93. The Morgan fingerprint density at radius 1 is 1.19 bits per heavy atom. The lowest BCUT2D eigenvalue weighted by atomic mass is 9.95. The fraction of sp³-hybridized carbons (Fsp3) is 0.389. The van der Waals surface area contributed by atoms with Gasteiger partial charge in [-0.1, -0.05) is 19.3 Å². The molecular weight excluding hydrogens is 375 g/mol. The Bertz CT molecular complexity index is 872. The third kappa shape index (κ3) is 4.07. The van der Waals surface area contributed by atoms with E-state index in [9.17, 15) is 17.6 Å². The summed E-state index contributed by atoms with van der Waals surface area (Å²) in [6, 6.07) is 6.78. The summed E-state index contributed by atoms with van der Waals surface area (Å²) in [5.74, 6) is -0.662. The second kappa shape index (κ2) is 7.75. The van der Waals surface area contributed by atoms with Crippen molar-refractivity contribution < 1.29 is 17.6 Å². The molecule has 0 bridgehead atoms. The summed E-state index contributed by atoms with van der Waals surface area (Å²) in [7, 11) is -2.40. The van der Waals surface area contributed by atoms with E-state index in [-0.39, 0.29) is 16.8 Å². The number of nitrogens with one attached hydrogen (secondary N) is 1. The molecule has 3 rings (SSSR count). The average Bonchev–Trinajstić information content (AvgIpc) is 3.14. The van der Waals surface area contributed by atoms with Crippen LogP contribution in [0, 0.1) is 5.82 Å². The standard InChI is InChI=1S/C18H21FN2O3S2/c1-21(15-9-7-13(19)8-10-15)26(23,24)16-11-17(25-12-16)18(22)20-14-5-3-2-4-6-14/h7-12,14H,2-6H2,1H3,(H,20,22).